The van der Waals surface area contributed by atoms with Gasteiger partial charge in [0.2, 0.25) is 0 Å². The maximum absolute atomic E-state index is 3.95. The van der Waals surface area contributed by atoms with Crippen molar-refractivity contribution in [2.75, 3.05) is 0 Å². The van der Waals surface area contributed by atoms with E-state index in [-0.39, 0.29) is 0 Å². The van der Waals surface area contributed by atoms with Gasteiger partial charge in [0.1, 0.15) is 0 Å². The highest BCUT2D eigenvalue weighted by molar-refractivity contribution is 9.09. The quantitative estimate of drug-likeness (QED) is 0.555. The summed E-state index contributed by atoms with van der Waals surface area (Å²) in [5, 5.41) is 2.72. The van der Waals surface area contributed by atoms with Gasteiger partial charge in [0, 0.05) is 10.7 Å². The lowest BCUT2D eigenvalue weighted by molar-refractivity contribution is 0.581. The van der Waals surface area contributed by atoms with E-state index in [1.807, 2.05) is 0 Å². The van der Waals surface area contributed by atoms with Crippen LogP contribution in [0.2, 0.25) is 0 Å². The standard InChI is InChI=1S/C20H17Br/c21-20(19-12-15-7-2-4-11-18(15)19)13-16-9-5-8-14-6-1-3-10-17(14)16/h1-11,19-20H,12-13H2. The molecule has 0 bridgehead atoms. The van der Waals surface area contributed by atoms with E-state index in [1.165, 1.54) is 33.9 Å². The van der Waals surface area contributed by atoms with Crippen LogP contribution in [0.25, 0.3) is 10.8 Å². The van der Waals surface area contributed by atoms with Crippen LogP contribution in [0.15, 0.2) is 66.7 Å². The first-order valence-corrected chi connectivity index (χ1v) is 8.43. The van der Waals surface area contributed by atoms with Gasteiger partial charge >= 0.3 is 0 Å². The molecular weight excluding hydrogens is 320 g/mol. The number of rotatable bonds is 3. The summed E-state index contributed by atoms with van der Waals surface area (Å²) in [6.45, 7) is 0. The molecule has 104 valence electrons. The molecule has 1 aliphatic rings. The van der Waals surface area contributed by atoms with Crippen LogP contribution in [0.3, 0.4) is 0 Å². The van der Waals surface area contributed by atoms with E-state index in [0.717, 1.165) is 6.42 Å². The molecule has 0 amide bonds. The SMILES string of the molecule is BrC(Cc1cccc2ccccc12)C1Cc2ccccc21. The Bertz CT molecular complexity index is 785. The highest BCUT2D eigenvalue weighted by atomic mass is 79.9. The molecule has 0 radical (unpaired) electrons. The lowest BCUT2D eigenvalue weighted by Gasteiger charge is -2.34. The molecule has 0 nitrogen and oxygen atoms in total. The third-order valence-corrected chi connectivity index (χ3v) is 5.59. The molecule has 3 aromatic rings. The average Bonchev–Trinajstić information content (AvgIpc) is 2.49. The lowest BCUT2D eigenvalue weighted by Crippen LogP contribution is -2.26. The number of hydrogen-bond donors (Lipinski definition) is 0. The second-order valence-corrected chi connectivity index (χ2v) is 7.04. The van der Waals surface area contributed by atoms with Crippen molar-refractivity contribution in [2.45, 2.75) is 23.6 Å². The first-order chi connectivity index (χ1) is 10.3. The van der Waals surface area contributed by atoms with E-state index in [9.17, 15) is 0 Å². The monoisotopic (exact) mass is 336 g/mol. The molecule has 0 aliphatic heterocycles. The van der Waals surface area contributed by atoms with Crippen LogP contribution in [0, 0.1) is 0 Å². The molecule has 0 fully saturated rings. The minimum atomic E-state index is 0.512. The van der Waals surface area contributed by atoms with Gasteiger partial charge in [-0.1, -0.05) is 82.7 Å². The Morgan fingerprint density at radius 1 is 0.905 bits per heavy atom. The minimum Gasteiger partial charge on any atom is -0.0880 e. The molecule has 0 spiro atoms. The van der Waals surface area contributed by atoms with E-state index in [2.05, 4.69) is 82.7 Å². The Morgan fingerprint density at radius 3 is 2.57 bits per heavy atom. The third-order valence-electron chi connectivity index (χ3n) is 4.63. The number of benzene rings is 3. The fraction of sp³-hybridized carbons (Fsp3) is 0.200. The van der Waals surface area contributed by atoms with E-state index in [0.29, 0.717) is 10.7 Å². The summed E-state index contributed by atoms with van der Waals surface area (Å²) in [7, 11) is 0. The molecule has 0 heterocycles. The smallest absolute Gasteiger partial charge is 0.0258 e. The van der Waals surface area contributed by atoms with E-state index in [4.69, 9.17) is 0 Å². The van der Waals surface area contributed by atoms with Crippen LogP contribution in [-0.4, -0.2) is 4.83 Å². The Labute approximate surface area is 133 Å². The molecule has 2 unspecified atom stereocenters. The molecule has 1 aliphatic carbocycles. The summed E-state index contributed by atoms with van der Waals surface area (Å²) in [5.41, 5.74) is 4.49. The summed E-state index contributed by atoms with van der Waals surface area (Å²) < 4.78 is 0. The number of halogens is 1. The van der Waals surface area contributed by atoms with Crippen LogP contribution in [0.1, 0.15) is 22.6 Å². The molecular formula is C20H17Br. The van der Waals surface area contributed by atoms with Gasteiger partial charge in [-0.3, -0.25) is 0 Å². The maximum atomic E-state index is 3.95. The summed E-state index contributed by atoms with van der Waals surface area (Å²) in [6.07, 6.45) is 2.29. The predicted molar refractivity (Wildman–Crippen MR) is 93.3 cm³/mol. The first kappa shape index (κ1) is 13.1. The van der Waals surface area contributed by atoms with Gasteiger partial charge in [-0.2, -0.15) is 0 Å². The van der Waals surface area contributed by atoms with Crippen molar-refractivity contribution < 1.29 is 0 Å². The van der Waals surface area contributed by atoms with Crippen LogP contribution in [0.5, 0.6) is 0 Å². The fourth-order valence-electron chi connectivity index (χ4n) is 3.44. The highest BCUT2D eigenvalue weighted by Crippen LogP contribution is 2.41. The zero-order valence-electron chi connectivity index (χ0n) is 11.8. The zero-order chi connectivity index (χ0) is 14.2. The Balaban J connectivity index is 1.61. The van der Waals surface area contributed by atoms with Crippen molar-refractivity contribution in [3.63, 3.8) is 0 Å². The van der Waals surface area contributed by atoms with Crippen LogP contribution in [-0.2, 0) is 12.8 Å². The normalized spacial score (nSPS) is 18.0. The summed E-state index contributed by atoms with van der Waals surface area (Å²) >= 11 is 3.95. The average molecular weight is 337 g/mol. The molecule has 0 saturated heterocycles. The fourth-order valence-corrected chi connectivity index (χ4v) is 4.26. The molecule has 0 saturated carbocycles. The predicted octanol–water partition coefficient (Wildman–Crippen LogP) is 5.49. The molecule has 2 atom stereocenters. The summed E-state index contributed by atoms with van der Waals surface area (Å²) in [5.74, 6) is 0.653. The molecule has 0 aromatic heterocycles. The van der Waals surface area contributed by atoms with Gasteiger partial charge in [-0.15, -0.1) is 0 Å². The van der Waals surface area contributed by atoms with E-state index < -0.39 is 0 Å². The van der Waals surface area contributed by atoms with Gasteiger partial charge in [0.15, 0.2) is 0 Å². The van der Waals surface area contributed by atoms with Crippen LogP contribution >= 0.6 is 15.9 Å². The number of alkyl halides is 1. The van der Waals surface area contributed by atoms with Gasteiger partial charge in [-0.05, 0) is 40.3 Å². The van der Waals surface area contributed by atoms with Crippen molar-refractivity contribution in [2.24, 2.45) is 0 Å². The van der Waals surface area contributed by atoms with Crippen molar-refractivity contribution in [1.29, 1.82) is 0 Å². The van der Waals surface area contributed by atoms with E-state index >= 15 is 0 Å². The lowest BCUT2D eigenvalue weighted by atomic mass is 9.74. The Kier molecular flexibility index (Phi) is 3.31. The second kappa shape index (κ2) is 5.31. The molecule has 1 heteroatoms. The van der Waals surface area contributed by atoms with Gasteiger partial charge in [0.25, 0.3) is 0 Å². The molecule has 0 N–H and O–H groups in total. The topological polar surface area (TPSA) is 0 Å². The van der Waals surface area contributed by atoms with E-state index in [1.54, 1.807) is 0 Å². The Morgan fingerprint density at radius 2 is 1.67 bits per heavy atom. The second-order valence-electron chi connectivity index (χ2n) is 5.87. The largest absolute Gasteiger partial charge is 0.0880 e. The van der Waals surface area contributed by atoms with Crippen molar-refractivity contribution in [1.82, 2.24) is 0 Å². The van der Waals surface area contributed by atoms with Crippen LogP contribution < -0.4 is 0 Å². The minimum absolute atomic E-state index is 0.512. The summed E-state index contributed by atoms with van der Waals surface area (Å²) in [4.78, 5) is 0.512. The van der Waals surface area contributed by atoms with Crippen molar-refractivity contribution in [3.05, 3.63) is 83.4 Å². The third kappa shape index (κ3) is 2.30. The van der Waals surface area contributed by atoms with Crippen molar-refractivity contribution >= 4 is 26.7 Å². The van der Waals surface area contributed by atoms with Gasteiger partial charge in [-0.25, -0.2) is 0 Å². The zero-order valence-corrected chi connectivity index (χ0v) is 13.4. The maximum Gasteiger partial charge on any atom is 0.0258 e. The van der Waals surface area contributed by atoms with Crippen molar-refractivity contribution in [3.8, 4) is 0 Å². The first-order valence-electron chi connectivity index (χ1n) is 7.51. The summed E-state index contributed by atoms with van der Waals surface area (Å²) in [6, 6.07) is 24.1. The number of fused-ring (bicyclic) bond motifs is 2. The molecule has 3 aromatic carbocycles. The van der Waals surface area contributed by atoms with Gasteiger partial charge < -0.3 is 0 Å². The number of hydrogen-bond acceptors (Lipinski definition) is 0. The molecule has 21 heavy (non-hydrogen) atoms. The highest BCUT2D eigenvalue weighted by Gasteiger charge is 2.31. The van der Waals surface area contributed by atoms with Crippen LogP contribution in [0.4, 0.5) is 0 Å². The molecule has 4 rings (SSSR count). The Hall–Kier alpha value is -1.60. The van der Waals surface area contributed by atoms with Gasteiger partial charge in [0.05, 0.1) is 0 Å².